The lowest BCUT2D eigenvalue weighted by atomic mass is 10.1. The van der Waals surface area contributed by atoms with Crippen LogP contribution in [-0.4, -0.2) is 40.7 Å². The zero-order chi connectivity index (χ0) is 20.1. The number of carbonyl (C=O) groups is 1. The second-order valence-corrected chi connectivity index (χ2v) is 7.94. The van der Waals surface area contributed by atoms with Crippen LogP contribution in [0.2, 0.25) is 0 Å². The Morgan fingerprint density at radius 3 is 2.59 bits per heavy atom. The van der Waals surface area contributed by atoms with E-state index in [1.807, 2.05) is 47.0 Å². The summed E-state index contributed by atoms with van der Waals surface area (Å²) in [6, 6.07) is 15.5. The number of carbonyl (C=O) groups excluding carboxylic acids is 1. The molecule has 2 heterocycles. The van der Waals surface area contributed by atoms with Crippen molar-refractivity contribution in [3.05, 3.63) is 77.4 Å². The Kier molecular flexibility index (Phi) is 6.09. The molecule has 0 bridgehead atoms. The molecule has 0 spiro atoms. The van der Waals surface area contributed by atoms with E-state index < -0.39 is 17.8 Å². The van der Waals surface area contributed by atoms with Crippen LogP contribution in [0.3, 0.4) is 0 Å². The molecule has 2 aromatic carbocycles. The van der Waals surface area contributed by atoms with Crippen molar-refractivity contribution in [2.45, 2.75) is 12.5 Å². The van der Waals surface area contributed by atoms with Crippen LogP contribution in [0.1, 0.15) is 27.9 Å². The van der Waals surface area contributed by atoms with E-state index in [2.05, 4.69) is 15.5 Å². The first-order valence-corrected chi connectivity index (χ1v) is 10.6. The average Bonchev–Trinajstić information content (AvgIpc) is 3.25. The van der Waals surface area contributed by atoms with Gasteiger partial charge in [0.2, 0.25) is 5.89 Å². The van der Waals surface area contributed by atoms with Crippen LogP contribution >= 0.6 is 11.8 Å². The third kappa shape index (κ3) is 4.76. The lowest BCUT2D eigenvalue weighted by molar-refractivity contribution is 0.0926. The van der Waals surface area contributed by atoms with Gasteiger partial charge in [-0.05, 0) is 17.7 Å². The molecule has 1 saturated heterocycles. The number of hydrogen-bond acceptors (Lipinski definition) is 6. The smallest absolute Gasteiger partial charge is 0.318 e. The summed E-state index contributed by atoms with van der Waals surface area (Å²) in [7, 11) is 0. The summed E-state index contributed by atoms with van der Waals surface area (Å²) in [5, 5.41) is 11.2. The molecule has 4 rings (SSSR count). The Hall–Kier alpha value is -2.87. The first-order chi connectivity index (χ1) is 14.2. The van der Waals surface area contributed by atoms with E-state index in [1.54, 1.807) is 12.1 Å². The van der Waals surface area contributed by atoms with Crippen LogP contribution < -0.4 is 10.2 Å². The van der Waals surface area contributed by atoms with Crippen LogP contribution in [0.4, 0.5) is 10.4 Å². The van der Waals surface area contributed by atoms with Gasteiger partial charge in [-0.1, -0.05) is 47.6 Å². The third-order valence-corrected chi connectivity index (χ3v) is 5.66. The molecule has 1 fully saturated rings. The summed E-state index contributed by atoms with van der Waals surface area (Å²) in [6.45, 7) is 1.69. The molecule has 8 heteroatoms. The fourth-order valence-corrected chi connectivity index (χ4v) is 4.08. The first kappa shape index (κ1) is 19.4. The van der Waals surface area contributed by atoms with Crippen LogP contribution in [0.5, 0.6) is 0 Å². The normalized spacial score (nSPS) is 15.1. The summed E-state index contributed by atoms with van der Waals surface area (Å²) >= 11 is 1.89. The van der Waals surface area contributed by atoms with Gasteiger partial charge < -0.3 is 14.6 Å². The van der Waals surface area contributed by atoms with Crippen molar-refractivity contribution in [1.29, 1.82) is 0 Å². The van der Waals surface area contributed by atoms with E-state index in [9.17, 15) is 9.18 Å². The van der Waals surface area contributed by atoms with Crippen LogP contribution in [0.15, 0.2) is 59.0 Å². The summed E-state index contributed by atoms with van der Waals surface area (Å²) in [5.74, 6) is 1.25. The zero-order valence-corrected chi connectivity index (χ0v) is 16.6. The lowest BCUT2D eigenvalue weighted by Gasteiger charge is -2.24. The van der Waals surface area contributed by atoms with Gasteiger partial charge in [0.05, 0.1) is 5.56 Å². The topological polar surface area (TPSA) is 71.3 Å². The van der Waals surface area contributed by atoms with Gasteiger partial charge in [-0.3, -0.25) is 4.79 Å². The highest BCUT2D eigenvalue weighted by Gasteiger charge is 2.25. The van der Waals surface area contributed by atoms with Crippen molar-refractivity contribution in [3.63, 3.8) is 0 Å². The minimum Gasteiger partial charge on any atom is -0.406 e. The standard InChI is InChI=1S/C21H21FN4O2S/c22-17-9-5-4-8-16(17)19(27)23-18(14-15-6-2-1-3-7-15)20-24-25-21(28-20)26-10-12-29-13-11-26/h1-9,18H,10-14H2,(H,23,27)/t18-/m0/s1. The molecular weight excluding hydrogens is 391 g/mol. The molecule has 1 aliphatic heterocycles. The molecule has 1 aromatic heterocycles. The van der Waals surface area contributed by atoms with E-state index >= 15 is 0 Å². The number of anilines is 1. The van der Waals surface area contributed by atoms with Gasteiger partial charge in [0.1, 0.15) is 11.9 Å². The monoisotopic (exact) mass is 412 g/mol. The fraction of sp³-hybridized carbons (Fsp3) is 0.286. The Balaban J connectivity index is 1.57. The van der Waals surface area contributed by atoms with E-state index in [4.69, 9.17) is 4.42 Å². The Morgan fingerprint density at radius 1 is 1.10 bits per heavy atom. The number of halogens is 1. The maximum atomic E-state index is 14.0. The van der Waals surface area contributed by atoms with Crippen molar-refractivity contribution in [1.82, 2.24) is 15.5 Å². The molecule has 0 saturated carbocycles. The van der Waals surface area contributed by atoms with E-state index in [0.717, 1.165) is 30.2 Å². The van der Waals surface area contributed by atoms with E-state index in [1.165, 1.54) is 12.1 Å². The SMILES string of the molecule is O=C(N[C@@H](Cc1ccccc1)c1nnc(N2CCSCC2)o1)c1ccccc1F. The van der Waals surface area contributed by atoms with Crippen molar-refractivity contribution >= 4 is 23.7 Å². The zero-order valence-electron chi connectivity index (χ0n) is 15.8. The highest BCUT2D eigenvalue weighted by atomic mass is 32.2. The summed E-state index contributed by atoms with van der Waals surface area (Å²) in [5.41, 5.74) is 0.985. The Morgan fingerprint density at radius 2 is 1.83 bits per heavy atom. The summed E-state index contributed by atoms with van der Waals surface area (Å²) < 4.78 is 20.0. The molecule has 29 heavy (non-hydrogen) atoms. The number of thioether (sulfide) groups is 1. The van der Waals surface area contributed by atoms with Gasteiger partial charge in [0.25, 0.3) is 5.91 Å². The second kappa shape index (κ2) is 9.09. The van der Waals surface area contributed by atoms with Crippen LogP contribution in [0, 0.1) is 5.82 Å². The number of benzene rings is 2. The number of nitrogens with zero attached hydrogens (tertiary/aromatic N) is 3. The summed E-state index contributed by atoms with van der Waals surface area (Å²) in [4.78, 5) is 14.7. The van der Waals surface area contributed by atoms with Gasteiger partial charge in [-0.2, -0.15) is 11.8 Å². The molecule has 1 amide bonds. The molecule has 1 aliphatic rings. The molecule has 150 valence electrons. The number of rotatable bonds is 6. The minimum absolute atomic E-state index is 0.0154. The number of nitrogens with one attached hydrogen (secondary N) is 1. The second-order valence-electron chi connectivity index (χ2n) is 6.72. The fourth-order valence-electron chi connectivity index (χ4n) is 3.18. The molecule has 0 unspecified atom stereocenters. The molecular formula is C21H21FN4O2S. The van der Waals surface area contributed by atoms with Gasteiger partial charge in [0, 0.05) is 31.0 Å². The van der Waals surface area contributed by atoms with E-state index in [0.29, 0.717) is 18.3 Å². The third-order valence-electron chi connectivity index (χ3n) is 4.72. The summed E-state index contributed by atoms with van der Waals surface area (Å²) in [6.07, 6.45) is 0.457. The Bertz CT molecular complexity index is 960. The van der Waals surface area contributed by atoms with Crippen molar-refractivity contribution in [3.8, 4) is 0 Å². The maximum absolute atomic E-state index is 14.0. The number of aromatic nitrogens is 2. The molecule has 1 N–H and O–H groups in total. The van der Waals surface area contributed by atoms with Gasteiger partial charge in [-0.25, -0.2) is 4.39 Å². The largest absolute Gasteiger partial charge is 0.406 e. The highest BCUT2D eigenvalue weighted by Crippen LogP contribution is 2.24. The highest BCUT2D eigenvalue weighted by molar-refractivity contribution is 7.99. The predicted molar refractivity (Wildman–Crippen MR) is 111 cm³/mol. The predicted octanol–water partition coefficient (Wildman–Crippen LogP) is 3.48. The van der Waals surface area contributed by atoms with Gasteiger partial charge in [0.15, 0.2) is 0 Å². The minimum atomic E-state index is -0.569. The van der Waals surface area contributed by atoms with Crippen molar-refractivity contribution in [2.24, 2.45) is 0 Å². The molecule has 6 nitrogen and oxygen atoms in total. The van der Waals surface area contributed by atoms with Crippen molar-refractivity contribution < 1.29 is 13.6 Å². The van der Waals surface area contributed by atoms with Crippen LogP contribution in [0.25, 0.3) is 0 Å². The maximum Gasteiger partial charge on any atom is 0.318 e. The van der Waals surface area contributed by atoms with Crippen LogP contribution in [-0.2, 0) is 6.42 Å². The molecule has 0 radical (unpaired) electrons. The van der Waals surface area contributed by atoms with E-state index in [-0.39, 0.29) is 5.56 Å². The van der Waals surface area contributed by atoms with Gasteiger partial charge in [-0.15, -0.1) is 5.10 Å². The Labute approximate surface area is 172 Å². The lowest BCUT2D eigenvalue weighted by Crippen LogP contribution is -2.32. The quantitative estimate of drug-likeness (QED) is 0.668. The van der Waals surface area contributed by atoms with Gasteiger partial charge >= 0.3 is 6.01 Å². The first-order valence-electron chi connectivity index (χ1n) is 9.46. The number of hydrogen-bond donors (Lipinski definition) is 1. The molecule has 0 aliphatic carbocycles. The average molecular weight is 412 g/mol. The molecule has 1 atom stereocenters. The number of amides is 1. The van der Waals surface area contributed by atoms with Crippen molar-refractivity contribution in [2.75, 3.05) is 29.5 Å². The molecule has 3 aromatic rings.